The average molecular weight is 1050 g/mol. The normalized spacial score (nSPS) is 12.0. The first kappa shape index (κ1) is 56.2. The Morgan fingerprint density at radius 1 is 0.395 bits per heavy atom. The second-order valence-electron chi connectivity index (χ2n) is 15.7. The first-order valence-corrected chi connectivity index (χ1v) is 23.0. The molecule has 0 aliphatic carbocycles. The van der Waals surface area contributed by atoms with Crippen molar-refractivity contribution in [2.75, 3.05) is 39.6 Å². The molecule has 0 aliphatic heterocycles. The molecule has 23 heteroatoms. The van der Waals surface area contributed by atoms with Crippen molar-refractivity contribution in [3.8, 4) is 23.0 Å². The van der Waals surface area contributed by atoms with E-state index in [0.717, 1.165) is 18.2 Å². The molecule has 6 aromatic rings. The van der Waals surface area contributed by atoms with Crippen LogP contribution in [0.25, 0.3) is 32.3 Å². The molecule has 0 fully saturated rings. The summed E-state index contributed by atoms with van der Waals surface area (Å²) in [4.78, 5) is 99.3. The van der Waals surface area contributed by atoms with E-state index in [4.69, 9.17) is 47.7 Å². The molecule has 3 unspecified atom stereocenters. The highest BCUT2D eigenvalue weighted by Crippen LogP contribution is 2.31. The Balaban J connectivity index is 1.09. The zero-order valence-electron chi connectivity index (χ0n) is 40.4. The highest BCUT2D eigenvalue weighted by molar-refractivity contribution is 5.90. The molecule has 396 valence electrons. The van der Waals surface area contributed by atoms with Crippen molar-refractivity contribution in [3.63, 3.8) is 0 Å². The molecule has 0 aromatic heterocycles. The maximum atomic E-state index is 13.7. The molecule has 6 rings (SSSR count). The smallest absolute Gasteiger partial charge is 0.330 e. The summed E-state index contributed by atoms with van der Waals surface area (Å²) in [5.74, 6) is -4.57. The SMILES string of the molecule is C=CC(=O)OCCOC(=O)CCC(=O)Oc1ccc2cc([NH+]([O-])Oc3ccc4cc(O[NH+]([O-])c5ccc6cc(OC(=O)CCC(=O)OCCOC(=O)C=C)ccc6c5)c([NH+]([O-])OCCOC(=O)C=C)cc4c3)ccc2c1. The molecule has 0 amide bonds. The average Bonchev–Trinajstić information content (AvgIpc) is 3.42. The Morgan fingerprint density at radius 2 is 0.776 bits per heavy atom. The van der Waals surface area contributed by atoms with E-state index in [2.05, 4.69) is 19.7 Å². The predicted molar refractivity (Wildman–Crippen MR) is 266 cm³/mol. The van der Waals surface area contributed by atoms with Crippen molar-refractivity contribution in [3.05, 3.63) is 157 Å². The Bertz CT molecular complexity index is 3140. The standard InChI is InChI=1S/C53H49N3O20/c1-4-47(57)67-21-23-70-50(60)17-19-52(62)73-42-14-9-34-27-40(12-7-36(34)29-42)54(64)75-44-16-11-38-33-46(45(32-39(38)31-44)56(66)72-26-25-69-49(59)6-3)76-55(65)41-13-8-37-30-43(15-10-35(37)28-41)74-53(63)20-18-51(61)71-24-22-68-48(58)5-2/h4-16,27-33,54-56H,1-3,17-26H2. The molecular weight excluding hydrogens is 999 g/mol. The number of benzene rings is 6. The number of ether oxygens (including phenoxy) is 7. The van der Waals surface area contributed by atoms with Gasteiger partial charge in [-0.2, -0.15) is 10.1 Å². The van der Waals surface area contributed by atoms with E-state index in [1.807, 2.05) is 0 Å². The lowest BCUT2D eigenvalue weighted by atomic mass is 10.1. The molecule has 76 heavy (non-hydrogen) atoms. The van der Waals surface area contributed by atoms with E-state index in [-0.39, 0.29) is 105 Å². The number of quaternary nitrogens is 3. The predicted octanol–water partition coefficient (Wildman–Crippen LogP) is 3.75. The van der Waals surface area contributed by atoms with Crippen molar-refractivity contribution in [2.24, 2.45) is 0 Å². The highest BCUT2D eigenvalue weighted by atomic mass is 16.9. The van der Waals surface area contributed by atoms with Gasteiger partial charge in [-0.1, -0.05) is 37.9 Å². The fourth-order valence-corrected chi connectivity index (χ4v) is 6.76. The number of nitrogens with one attached hydrogen (secondary N) is 3. The molecule has 23 nitrogen and oxygen atoms in total. The van der Waals surface area contributed by atoms with Crippen LogP contribution in [0.4, 0.5) is 17.1 Å². The number of fused-ring (bicyclic) bond motifs is 3. The Labute approximate surface area is 432 Å². The molecule has 0 spiro atoms. The minimum Gasteiger partial charge on any atom is -0.595 e. The van der Waals surface area contributed by atoms with Crippen molar-refractivity contribution in [1.29, 1.82) is 0 Å². The van der Waals surface area contributed by atoms with Gasteiger partial charge in [0.1, 0.15) is 51.1 Å². The monoisotopic (exact) mass is 1050 g/mol. The summed E-state index contributed by atoms with van der Waals surface area (Å²) in [5.41, 5.74) is 0.0612. The summed E-state index contributed by atoms with van der Waals surface area (Å²) >= 11 is 0. The fourth-order valence-electron chi connectivity index (χ4n) is 6.76. The lowest BCUT2D eigenvalue weighted by Gasteiger charge is -2.25. The summed E-state index contributed by atoms with van der Waals surface area (Å²) in [6.45, 7) is 8.48. The zero-order chi connectivity index (χ0) is 54.6. The minimum atomic E-state index is -0.943. The summed E-state index contributed by atoms with van der Waals surface area (Å²) < 4.78 is 34.9. The molecule has 6 aromatic carbocycles. The third-order valence-electron chi connectivity index (χ3n) is 10.4. The molecule has 0 radical (unpaired) electrons. The number of hydrogen-bond acceptors (Lipinski definition) is 20. The summed E-state index contributed by atoms with van der Waals surface area (Å²) in [7, 11) is 0. The zero-order valence-corrected chi connectivity index (χ0v) is 40.4. The molecule has 0 heterocycles. The molecule has 0 saturated carbocycles. The third kappa shape index (κ3) is 17.0. The summed E-state index contributed by atoms with van der Waals surface area (Å²) in [6, 6.07) is 26.0. The maximum absolute atomic E-state index is 13.7. The molecule has 0 bridgehead atoms. The van der Waals surface area contributed by atoms with Crippen LogP contribution in [-0.4, -0.2) is 81.4 Å². The second-order valence-corrected chi connectivity index (χ2v) is 15.7. The number of carbonyl (C=O) groups is 7. The summed E-state index contributed by atoms with van der Waals surface area (Å²) in [5, 5.41) is 41.3. The maximum Gasteiger partial charge on any atom is 0.330 e. The third-order valence-corrected chi connectivity index (χ3v) is 10.4. The van der Waals surface area contributed by atoms with Crippen LogP contribution >= 0.6 is 0 Å². The van der Waals surface area contributed by atoms with Crippen LogP contribution in [0.15, 0.2) is 141 Å². The van der Waals surface area contributed by atoms with Gasteiger partial charge < -0.3 is 58.5 Å². The van der Waals surface area contributed by atoms with Gasteiger partial charge in [0.25, 0.3) is 5.75 Å². The number of hydrogen-bond donors (Lipinski definition) is 3. The van der Waals surface area contributed by atoms with Crippen molar-refractivity contribution in [1.82, 2.24) is 0 Å². The van der Waals surface area contributed by atoms with Crippen LogP contribution in [0.3, 0.4) is 0 Å². The van der Waals surface area contributed by atoms with Crippen LogP contribution in [0.5, 0.6) is 23.0 Å². The van der Waals surface area contributed by atoms with Crippen LogP contribution in [0.1, 0.15) is 25.7 Å². The molecule has 0 aliphatic rings. The first-order chi connectivity index (χ1) is 36.6. The van der Waals surface area contributed by atoms with Crippen molar-refractivity contribution >= 4 is 91.2 Å². The first-order valence-electron chi connectivity index (χ1n) is 23.0. The Kier molecular flexibility index (Phi) is 20.6. The van der Waals surface area contributed by atoms with Gasteiger partial charge in [-0.25, -0.2) is 14.4 Å². The van der Waals surface area contributed by atoms with Gasteiger partial charge >= 0.3 is 41.8 Å². The van der Waals surface area contributed by atoms with E-state index in [0.29, 0.717) is 32.3 Å². The number of esters is 7. The van der Waals surface area contributed by atoms with E-state index in [9.17, 15) is 49.2 Å². The lowest BCUT2D eigenvalue weighted by molar-refractivity contribution is -1.00. The Hall–Kier alpha value is -9.07. The van der Waals surface area contributed by atoms with Crippen LogP contribution in [0, 0.1) is 15.6 Å². The van der Waals surface area contributed by atoms with E-state index >= 15 is 0 Å². The molecule has 3 N–H and O–H groups in total. The lowest BCUT2D eigenvalue weighted by Crippen LogP contribution is -3.05. The van der Waals surface area contributed by atoms with Gasteiger partial charge in [0.15, 0.2) is 17.1 Å². The number of rotatable bonds is 28. The fraction of sp³-hybridized carbons (Fsp3) is 0.189. The molecular formula is C53H49N3O20. The van der Waals surface area contributed by atoms with Crippen molar-refractivity contribution < 1.29 is 96.9 Å². The molecule has 0 saturated heterocycles. The van der Waals surface area contributed by atoms with Crippen molar-refractivity contribution in [2.45, 2.75) is 25.7 Å². The quantitative estimate of drug-likeness (QED) is 0.0157. The van der Waals surface area contributed by atoms with Crippen LogP contribution < -0.4 is 34.8 Å². The van der Waals surface area contributed by atoms with Crippen LogP contribution in [0.2, 0.25) is 0 Å². The largest absolute Gasteiger partial charge is 0.595 e. The number of carbonyl (C=O) groups excluding carboxylic acids is 7. The van der Waals surface area contributed by atoms with Gasteiger partial charge in [0.05, 0.1) is 25.7 Å². The minimum absolute atomic E-state index is 0.0850. The molecule has 3 atom stereocenters. The van der Waals surface area contributed by atoms with Gasteiger partial charge in [0, 0.05) is 54.6 Å². The Morgan fingerprint density at radius 3 is 1.26 bits per heavy atom. The van der Waals surface area contributed by atoms with Gasteiger partial charge in [-0.15, -0.1) is 10.5 Å². The summed E-state index contributed by atoms with van der Waals surface area (Å²) in [6.07, 6.45) is 1.79. The van der Waals surface area contributed by atoms with Gasteiger partial charge in [-0.3, -0.25) is 19.2 Å². The van der Waals surface area contributed by atoms with Gasteiger partial charge in [-0.05, 0) is 80.8 Å². The van der Waals surface area contributed by atoms with Gasteiger partial charge in [0.2, 0.25) is 5.69 Å². The highest BCUT2D eigenvalue weighted by Gasteiger charge is 2.21. The van der Waals surface area contributed by atoms with Crippen LogP contribution in [-0.2, 0) is 62.1 Å². The topological polar surface area (TPSA) is 294 Å². The van der Waals surface area contributed by atoms with E-state index in [1.54, 1.807) is 48.5 Å². The van der Waals surface area contributed by atoms with E-state index in [1.165, 1.54) is 54.6 Å². The van der Waals surface area contributed by atoms with E-state index < -0.39 is 57.5 Å². The second kappa shape index (κ2) is 27.8.